The highest BCUT2D eigenvalue weighted by Gasteiger charge is 2.49. The molecule has 1 amide bonds. The Hall–Kier alpha value is -4.93. The molecule has 4 aromatic heterocycles. The Balaban J connectivity index is 1.10. The molecule has 11 nitrogen and oxygen atoms in total. The topological polar surface area (TPSA) is 105 Å². The average molecular weight is 522 g/mol. The van der Waals surface area contributed by atoms with Gasteiger partial charge in [-0.2, -0.15) is 10.2 Å². The number of likely N-dealkylation sites (tertiary alicyclic amines) is 1. The van der Waals surface area contributed by atoms with Crippen molar-refractivity contribution in [2.75, 3.05) is 36.4 Å². The van der Waals surface area contributed by atoms with Crippen molar-refractivity contribution >= 4 is 34.3 Å². The summed E-state index contributed by atoms with van der Waals surface area (Å²) in [5.74, 6) is 2.20. The fourth-order valence-corrected chi connectivity index (χ4v) is 5.69. The van der Waals surface area contributed by atoms with Gasteiger partial charge in [-0.25, -0.2) is 19.0 Å². The van der Waals surface area contributed by atoms with Crippen molar-refractivity contribution in [3.63, 3.8) is 0 Å². The summed E-state index contributed by atoms with van der Waals surface area (Å²) in [5.41, 5.74) is 4.74. The van der Waals surface area contributed by atoms with Gasteiger partial charge in [0, 0.05) is 55.7 Å². The molecule has 39 heavy (non-hydrogen) atoms. The molecule has 11 heteroatoms. The largest absolute Gasteiger partial charge is 0.457 e. The van der Waals surface area contributed by atoms with Crippen LogP contribution in [0, 0.1) is 12.3 Å². The standard InChI is InChI=1S/C28H27N9O2/c1-3-25(38)34-11-8-28(14-34)15-35(16-28)22-7-10-37-26(22)27(30-18-32-37)33-20-4-5-23(19(2)12-20)39-21-6-9-36-24(13-21)29-17-31-36/h3-7,9-10,12-13,17-18H,1,8,11,14-16H2,2H3,(H,30,32,33). The SMILES string of the molecule is C=CC(=O)N1CCC2(C1)CN(c1ccn3ncnc(Nc4ccc(Oc5ccn6ncnc6c5)c(C)c4)c13)C2. The van der Waals surface area contributed by atoms with Gasteiger partial charge in [-0.05, 0) is 55.3 Å². The van der Waals surface area contributed by atoms with E-state index >= 15 is 0 Å². The van der Waals surface area contributed by atoms with Crippen molar-refractivity contribution in [3.05, 3.63) is 79.7 Å². The minimum Gasteiger partial charge on any atom is -0.457 e. The van der Waals surface area contributed by atoms with Crippen molar-refractivity contribution in [1.82, 2.24) is 34.1 Å². The summed E-state index contributed by atoms with van der Waals surface area (Å²) in [5, 5.41) is 12.0. The van der Waals surface area contributed by atoms with Gasteiger partial charge in [-0.3, -0.25) is 4.79 Å². The number of hydrogen-bond acceptors (Lipinski definition) is 8. The number of carbonyl (C=O) groups is 1. The number of fused-ring (bicyclic) bond motifs is 2. The van der Waals surface area contributed by atoms with Crippen molar-refractivity contribution in [3.8, 4) is 11.5 Å². The van der Waals surface area contributed by atoms with E-state index < -0.39 is 0 Å². The summed E-state index contributed by atoms with van der Waals surface area (Å²) in [7, 11) is 0. The van der Waals surface area contributed by atoms with Gasteiger partial charge in [0.25, 0.3) is 0 Å². The van der Waals surface area contributed by atoms with Gasteiger partial charge in [0.1, 0.15) is 29.7 Å². The van der Waals surface area contributed by atoms with Crippen LogP contribution in [0.3, 0.4) is 0 Å². The van der Waals surface area contributed by atoms with Crippen molar-refractivity contribution < 1.29 is 9.53 Å². The molecule has 5 aromatic rings. The molecule has 0 atom stereocenters. The molecule has 2 aliphatic rings. The molecule has 7 rings (SSSR count). The zero-order valence-corrected chi connectivity index (χ0v) is 21.5. The Labute approximate surface area is 224 Å². The normalized spacial score (nSPS) is 16.1. The second-order valence-corrected chi connectivity index (χ2v) is 10.3. The number of rotatable bonds is 6. The van der Waals surface area contributed by atoms with E-state index in [9.17, 15) is 4.79 Å². The number of hydrogen-bond donors (Lipinski definition) is 1. The molecule has 2 aliphatic heterocycles. The van der Waals surface area contributed by atoms with Crippen LogP contribution in [-0.2, 0) is 4.79 Å². The summed E-state index contributed by atoms with van der Waals surface area (Å²) < 4.78 is 9.66. The number of aryl methyl sites for hydroxylation is 1. The lowest BCUT2D eigenvalue weighted by atomic mass is 9.79. The second kappa shape index (κ2) is 8.83. The fraction of sp³-hybridized carbons (Fsp3) is 0.250. The lowest BCUT2D eigenvalue weighted by Crippen LogP contribution is -2.58. The smallest absolute Gasteiger partial charge is 0.245 e. The molecular weight excluding hydrogens is 494 g/mol. The quantitative estimate of drug-likeness (QED) is 0.336. The molecule has 0 aliphatic carbocycles. The van der Waals surface area contributed by atoms with Crippen molar-refractivity contribution in [2.45, 2.75) is 13.3 Å². The number of benzene rings is 1. The first-order valence-corrected chi connectivity index (χ1v) is 12.8. The maximum Gasteiger partial charge on any atom is 0.245 e. The predicted octanol–water partition coefficient (Wildman–Crippen LogP) is 3.84. The zero-order chi connectivity index (χ0) is 26.6. The third kappa shape index (κ3) is 4.02. The first kappa shape index (κ1) is 23.2. The molecule has 1 N–H and O–H groups in total. The molecule has 0 radical (unpaired) electrons. The van der Waals surface area contributed by atoms with E-state index in [-0.39, 0.29) is 11.3 Å². The number of aromatic nitrogens is 6. The Bertz CT molecular complexity index is 1730. The number of anilines is 3. The Morgan fingerprint density at radius 3 is 2.72 bits per heavy atom. The van der Waals surface area contributed by atoms with Crippen LogP contribution in [-0.4, -0.2) is 66.2 Å². The first-order valence-electron chi connectivity index (χ1n) is 12.8. The molecule has 0 bridgehead atoms. The molecule has 196 valence electrons. The molecule has 2 saturated heterocycles. The number of carbonyl (C=O) groups excluding carboxylic acids is 1. The van der Waals surface area contributed by atoms with Gasteiger partial charge in [0.2, 0.25) is 5.91 Å². The van der Waals surface area contributed by atoms with E-state index in [0.29, 0.717) is 5.75 Å². The summed E-state index contributed by atoms with van der Waals surface area (Å²) >= 11 is 0. The van der Waals surface area contributed by atoms with Crippen LogP contribution in [0.4, 0.5) is 17.2 Å². The molecule has 1 spiro atoms. The number of amides is 1. The Kier molecular flexibility index (Phi) is 5.25. The third-order valence-electron chi connectivity index (χ3n) is 7.67. The van der Waals surface area contributed by atoms with E-state index in [2.05, 4.69) is 43.0 Å². The highest BCUT2D eigenvalue weighted by Crippen LogP contribution is 2.44. The van der Waals surface area contributed by atoms with E-state index in [4.69, 9.17) is 4.74 Å². The van der Waals surface area contributed by atoms with Crippen LogP contribution < -0.4 is 15.0 Å². The van der Waals surface area contributed by atoms with Gasteiger partial charge in [-0.1, -0.05) is 6.58 Å². The summed E-state index contributed by atoms with van der Waals surface area (Å²) in [6.45, 7) is 9.00. The Morgan fingerprint density at radius 2 is 1.87 bits per heavy atom. The average Bonchev–Trinajstić information content (AvgIpc) is 3.67. The minimum atomic E-state index is 0.0163. The minimum absolute atomic E-state index is 0.0163. The van der Waals surface area contributed by atoms with Crippen LogP contribution in [0.5, 0.6) is 11.5 Å². The monoisotopic (exact) mass is 521 g/mol. The fourth-order valence-electron chi connectivity index (χ4n) is 5.69. The molecule has 1 aromatic carbocycles. The van der Waals surface area contributed by atoms with Crippen LogP contribution >= 0.6 is 0 Å². The number of nitrogens with zero attached hydrogens (tertiary/aromatic N) is 8. The predicted molar refractivity (Wildman–Crippen MR) is 147 cm³/mol. The molecule has 0 saturated carbocycles. The van der Waals surface area contributed by atoms with Crippen LogP contribution in [0.2, 0.25) is 0 Å². The van der Waals surface area contributed by atoms with Gasteiger partial charge in [-0.15, -0.1) is 0 Å². The number of pyridine rings is 1. The number of ether oxygens (including phenoxy) is 1. The maximum atomic E-state index is 12.1. The second-order valence-electron chi connectivity index (χ2n) is 10.3. The van der Waals surface area contributed by atoms with Gasteiger partial charge < -0.3 is 19.9 Å². The maximum absolute atomic E-state index is 12.1. The first-order chi connectivity index (χ1) is 19.0. The van der Waals surface area contributed by atoms with E-state index in [1.54, 1.807) is 10.8 Å². The lowest BCUT2D eigenvalue weighted by Gasteiger charge is -2.49. The Morgan fingerprint density at radius 1 is 1.05 bits per heavy atom. The molecule has 6 heterocycles. The number of nitrogens with one attached hydrogen (secondary N) is 1. The van der Waals surface area contributed by atoms with Crippen molar-refractivity contribution in [1.29, 1.82) is 0 Å². The van der Waals surface area contributed by atoms with Crippen LogP contribution in [0.1, 0.15) is 12.0 Å². The molecular formula is C28H27N9O2. The summed E-state index contributed by atoms with van der Waals surface area (Å²) in [6, 6.07) is 11.7. The lowest BCUT2D eigenvalue weighted by molar-refractivity contribution is -0.125. The summed E-state index contributed by atoms with van der Waals surface area (Å²) in [6.07, 6.45) is 9.26. The van der Waals surface area contributed by atoms with E-state index in [1.165, 1.54) is 12.4 Å². The van der Waals surface area contributed by atoms with Crippen molar-refractivity contribution in [2.24, 2.45) is 5.41 Å². The van der Waals surface area contributed by atoms with Crippen LogP contribution in [0.15, 0.2) is 74.1 Å². The van der Waals surface area contributed by atoms with Gasteiger partial charge in [0.15, 0.2) is 11.5 Å². The molecule has 2 fully saturated rings. The molecule has 0 unspecified atom stereocenters. The van der Waals surface area contributed by atoms with Crippen LogP contribution in [0.25, 0.3) is 11.2 Å². The van der Waals surface area contributed by atoms with E-state index in [0.717, 1.165) is 72.3 Å². The zero-order valence-electron chi connectivity index (χ0n) is 21.5. The van der Waals surface area contributed by atoms with Gasteiger partial charge >= 0.3 is 0 Å². The van der Waals surface area contributed by atoms with Gasteiger partial charge in [0.05, 0.1) is 5.69 Å². The van der Waals surface area contributed by atoms with E-state index in [1.807, 2.05) is 59.1 Å². The summed E-state index contributed by atoms with van der Waals surface area (Å²) in [4.78, 5) is 25.1. The highest BCUT2D eigenvalue weighted by atomic mass is 16.5. The third-order valence-corrected chi connectivity index (χ3v) is 7.67. The highest BCUT2D eigenvalue weighted by molar-refractivity contribution is 5.88.